The Morgan fingerprint density at radius 2 is 1.82 bits per heavy atom. The van der Waals surface area contributed by atoms with E-state index in [1.807, 2.05) is 25.1 Å². The lowest BCUT2D eigenvalue weighted by atomic mass is 9.68. The van der Waals surface area contributed by atoms with Crippen molar-refractivity contribution in [2.45, 2.75) is 38.1 Å². The molecular formula is C28H27N3O3. The Morgan fingerprint density at radius 1 is 1.03 bits per heavy atom. The number of fused-ring (bicyclic) bond motifs is 7. The number of non-ortho nitro benzene ring substituents is 1. The van der Waals surface area contributed by atoms with Gasteiger partial charge in [-0.15, -0.1) is 0 Å². The van der Waals surface area contributed by atoms with E-state index in [-0.39, 0.29) is 11.6 Å². The van der Waals surface area contributed by atoms with Crippen molar-refractivity contribution in [1.29, 1.82) is 0 Å². The number of carbonyl (C=O) groups is 1. The summed E-state index contributed by atoms with van der Waals surface area (Å²) in [5.41, 5.74) is 5.50. The molecule has 0 saturated heterocycles. The Kier molecular flexibility index (Phi) is 4.90. The summed E-state index contributed by atoms with van der Waals surface area (Å²) in [4.78, 5) is 23.9. The van der Waals surface area contributed by atoms with E-state index in [2.05, 4.69) is 41.0 Å². The van der Waals surface area contributed by atoms with Gasteiger partial charge in [0.2, 0.25) is 0 Å². The molecule has 172 valence electrons. The van der Waals surface area contributed by atoms with E-state index in [1.165, 1.54) is 42.5 Å². The summed E-state index contributed by atoms with van der Waals surface area (Å²) < 4.78 is 0. The van der Waals surface area contributed by atoms with Crippen LogP contribution in [-0.4, -0.2) is 10.8 Å². The van der Waals surface area contributed by atoms with E-state index in [0.717, 1.165) is 11.3 Å². The van der Waals surface area contributed by atoms with Gasteiger partial charge < -0.3 is 10.6 Å². The Hall–Kier alpha value is -3.67. The molecule has 6 heteroatoms. The molecule has 0 radical (unpaired) electrons. The summed E-state index contributed by atoms with van der Waals surface area (Å²) >= 11 is 0. The van der Waals surface area contributed by atoms with Gasteiger partial charge in [0, 0.05) is 23.4 Å². The van der Waals surface area contributed by atoms with Crippen LogP contribution in [-0.2, 0) is 0 Å². The number of aryl methyl sites for hydroxylation is 1. The maximum atomic E-state index is 13.2. The molecule has 2 fully saturated rings. The second-order valence-electron chi connectivity index (χ2n) is 9.98. The molecular weight excluding hydrogens is 426 g/mol. The molecule has 2 N–H and O–H groups in total. The highest BCUT2D eigenvalue weighted by molar-refractivity contribution is 6.05. The fourth-order valence-corrected chi connectivity index (χ4v) is 6.67. The molecule has 5 atom stereocenters. The first-order valence-electron chi connectivity index (χ1n) is 12.0. The van der Waals surface area contributed by atoms with Gasteiger partial charge in [0.1, 0.15) is 0 Å². The van der Waals surface area contributed by atoms with Crippen LogP contribution >= 0.6 is 0 Å². The van der Waals surface area contributed by atoms with Gasteiger partial charge >= 0.3 is 0 Å². The minimum Gasteiger partial charge on any atom is -0.378 e. The molecule has 0 unspecified atom stereocenters. The third-order valence-corrected chi connectivity index (χ3v) is 8.19. The summed E-state index contributed by atoms with van der Waals surface area (Å²) in [6.45, 7) is 1.83. The molecule has 0 aromatic heterocycles. The molecule has 1 heterocycles. The number of carbonyl (C=O) groups excluding carboxylic acids is 1. The average Bonchev–Trinajstić information content (AvgIpc) is 3.48. The molecule has 6 nitrogen and oxygen atoms in total. The summed E-state index contributed by atoms with van der Waals surface area (Å²) in [6, 6.07) is 21.5. The second-order valence-corrected chi connectivity index (χ2v) is 9.98. The van der Waals surface area contributed by atoms with Crippen molar-refractivity contribution in [2.75, 3.05) is 10.6 Å². The first-order chi connectivity index (χ1) is 16.5. The quantitative estimate of drug-likeness (QED) is 0.351. The van der Waals surface area contributed by atoms with Crippen molar-refractivity contribution < 1.29 is 9.72 Å². The van der Waals surface area contributed by atoms with Crippen LogP contribution in [0.1, 0.15) is 58.3 Å². The number of hydrogen-bond acceptors (Lipinski definition) is 4. The summed E-state index contributed by atoms with van der Waals surface area (Å²) in [5.74, 6) is 2.13. The third kappa shape index (κ3) is 3.36. The fourth-order valence-electron chi connectivity index (χ4n) is 6.67. The van der Waals surface area contributed by atoms with Gasteiger partial charge in [-0.2, -0.15) is 0 Å². The first-order valence-corrected chi connectivity index (χ1v) is 12.0. The van der Waals surface area contributed by atoms with Crippen molar-refractivity contribution in [1.82, 2.24) is 0 Å². The van der Waals surface area contributed by atoms with Crippen LogP contribution in [0.4, 0.5) is 17.1 Å². The molecule has 1 aliphatic heterocycles. The molecule has 34 heavy (non-hydrogen) atoms. The molecule has 1 amide bonds. The predicted molar refractivity (Wildman–Crippen MR) is 132 cm³/mol. The Labute approximate surface area is 198 Å². The van der Waals surface area contributed by atoms with E-state index >= 15 is 0 Å². The van der Waals surface area contributed by atoms with Crippen molar-refractivity contribution in [3.8, 4) is 0 Å². The van der Waals surface area contributed by atoms with Gasteiger partial charge in [0.25, 0.3) is 11.6 Å². The van der Waals surface area contributed by atoms with Crippen molar-refractivity contribution >= 4 is 23.0 Å². The first kappa shape index (κ1) is 20.9. The Bertz CT molecular complexity index is 1290. The van der Waals surface area contributed by atoms with Crippen LogP contribution in [0.2, 0.25) is 0 Å². The topological polar surface area (TPSA) is 84.3 Å². The van der Waals surface area contributed by atoms with Gasteiger partial charge in [-0.25, -0.2) is 0 Å². The van der Waals surface area contributed by atoms with E-state index < -0.39 is 4.92 Å². The second kappa shape index (κ2) is 7.97. The van der Waals surface area contributed by atoms with E-state index in [4.69, 9.17) is 0 Å². The monoisotopic (exact) mass is 453 g/mol. The van der Waals surface area contributed by atoms with Gasteiger partial charge in [-0.05, 0) is 84.7 Å². The molecule has 2 bridgehead atoms. The fraction of sp³-hybridized carbons (Fsp3) is 0.321. The highest BCUT2D eigenvalue weighted by Gasteiger charge is 2.53. The predicted octanol–water partition coefficient (Wildman–Crippen LogP) is 6.45. The van der Waals surface area contributed by atoms with Crippen molar-refractivity contribution in [3.63, 3.8) is 0 Å². The zero-order chi connectivity index (χ0) is 23.4. The number of hydrogen-bond donors (Lipinski definition) is 2. The smallest absolute Gasteiger partial charge is 0.271 e. The normalized spacial score (nSPS) is 26.3. The van der Waals surface area contributed by atoms with E-state index in [0.29, 0.717) is 41.0 Å². The number of anilines is 2. The average molecular weight is 454 g/mol. The van der Waals surface area contributed by atoms with E-state index in [1.54, 1.807) is 6.07 Å². The van der Waals surface area contributed by atoms with Crippen LogP contribution in [0.15, 0.2) is 66.7 Å². The van der Waals surface area contributed by atoms with Gasteiger partial charge in [-0.1, -0.05) is 36.4 Å². The van der Waals surface area contributed by atoms with Crippen LogP contribution in [0.3, 0.4) is 0 Å². The van der Waals surface area contributed by atoms with Gasteiger partial charge in [0.05, 0.1) is 16.7 Å². The maximum absolute atomic E-state index is 13.2. The standard InChI is InChI=1S/C28H27N3O3/c1-16-7-11-21(31(33)34)15-24(16)30-28(32)20-10-12-23-22(14-20)25-18-8-9-19(13-18)26(25)27(29-23)17-5-3-2-4-6-17/h2-7,10-12,14-15,18-19,25-27,29H,8-9,13H2,1H3,(H,30,32)/t18-,19-,25-,26-,27+/m0/s1. The largest absolute Gasteiger partial charge is 0.378 e. The van der Waals surface area contributed by atoms with Crippen LogP contribution in [0.5, 0.6) is 0 Å². The zero-order valence-corrected chi connectivity index (χ0v) is 19.0. The summed E-state index contributed by atoms with van der Waals surface area (Å²) in [7, 11) is 0. The molecule has 3 aromatic rings. The Morgan fingerprint density at radius 3 is 2.62 bits per heavy atom. The number of benzene rings is 3. The minimum atomic E-state index is -0.446. The molecule has 6 rings (SSSR count). The maximum Gasteiger partial charge on any atom is 0.271 e. The third-order valence-electron chi connectivity index (χ3n) is 8.19. The molecule has 0 spiro atoms. The summed E-state index contributed by atoms with van der Waals surface area (Å²) in [6.07, 6.45) is 3.82. The number of nitrogens with zero attached hydrogens (tertiary/aromatic N) is 1. The highest BCUT2D eigenvalue weighted by atomic mass is 16.6. The molecule has 2 saturated carbocycles. The lowest BCUT2D eigenvalue weighted by Crippen LogP contribution is -2.35. The van der Waals surface area contributed by atoms with Gasteiger partial charge in [-0.3, -0.25) is 14.9 Å². The van der Waals surface area contributed by atoms with Crippen molar-refractivity contribution in [3.05, 3.63) is 99.1 Å². The van der Waals surface area contributed by atoms with Crippen LogP contribution < -0.4 is 10.6 Å². The van der Waals surface area contributed by atoms with E-state index in [9.17, 15) is 14.9 Å². The number of amides is 1. The van der Waals surface area contributed by atoms with Gasteiger partial charge in [0.15, 0.2) is 0 Å². The SMILES string of the molecule is Cc1ccc([N+](=O)[O-])cc1NC(=O)c1ccc2c(c1)[C@@H]1[C@H]3CC[C@@H](C3)[C@@H]1[C@@H](c1ccccc1)N2. The highest BCUT2D eigenvalue weighted by Crippen LogP contribution is 2.63. The zero-order valence-electron chi connectivity index (χ0n) is 19.0. The number of nitro benzene ring substituents is 1. The number of nitrogens with one attached hydrogen (secondary N) is 2. The van der Waals surface area contributed by atoms with Crippen molar-refractivity contribution in [2.24, 2.45) is 17.8 Å². The summed E-state index contributed by atoms with van der Waals surface area (Å²) in [5, 5.41) is 17.9. The number of nitro groups is 1. The minimum absolute atomic E-state index is 0.0349. The molecule has 3 aromatic carbocycles. The molecule has 2 aliphatic carbocycles. The molecule has 3 aliphatic rings. The lowest BCUT2D eigenvalue weighted by molar-refractivity contribution is -0.384. The lowest BCUT2D eigenvalue weighted by Gasteiger charge is -2.43. The Balaban J connectivity index is 1.33. The number of rotatable bonds is 4. The van der Waals surface area contributed by atoms with Crippen LogP contribution in [0, 0.1) is 34.8 Å². The van der Waals surface area contributed by atoms with Crippen LogP contribution in [0.25, 0.3) is 0 Å².